The van der Waals surface area contributed by atoms with Gasteiger partial charge in [0.15, 0.2) is 0 Å². The Hall–Kier alpha value is -0.570. The molecule has 1 unspecified atom stereocenters. The molecule has 3 nitrogen and oxygen atoms in total. The van der Waals surface area contributed by atoms with E-state index in [1.165, 1.54) is 26.4 Å². The molecule has 0 aromatic heterocycles. The van der Waals surface area contributed by atoms with Crippen LogP contribution in [-0.2, 0) is 9.53 Å². The minimum absolute atomic E-state index is 0.0920. The van der Waals surface area contributed by atoms with Crippen LogP contribution in [0.2, 0.25) is 0 Å². The first kappa shape index (κ1) is 10.5. The summed E-state index contributed by atoms with van der Waals surface area (Å²) in [6.45, 7) is 0. The lowest BCUT2D eigenvalue weighted by molar-refractivity contribution is -0.142. The third-order valence-electron chi connectivity index (χ3n) is 2.96. The van der Waals surface area contributed by atoms with Crippen molar-refractivity contribution in [3.63, 3.8) is 0 Å². The van der Waals surface area contributed by atoms with Crippen LogP contribution >= 0.6 is 0 Å². The van der Waals surface area contributed by atoms with Gasteiger partial charge < -0.3 is 9.64 Å². The van der Waals surface area contributed by atoms with Gasteiger partial charge >= 0.3 is 5.97 Å². The van der Waals surface area contributed by atoms with Crippen LogP contribution in [0.4, 0.5) is 0 Å². The number of carbonyl (C=O) groups is 1. The average molecular weight is 185 g/mol. The molecule has 0 heterocycles. The second-order valence-corrected chi connectivity index (χ2v) is 4.00. The van der Waals surface area contributed by atoms with Crippen LogP contribution in [0.15, 0.2) is 0 Å². The van der Waals surface area contributed by atoms with E-state index in [-0.39, 0.29) is 5.97 Å². The quantitative estimate of drug-likeness (QED) is 0.618. The van der Waals surface area contributed by atoms with Crippen LogP contribution in [-0.4, -0.2) is 38.1 Å². The van der Waals surface area contributed by atoms with Crippen molar-refractivity contribution >= 4 is 5.97 Å². The standard InChI is InChI=1S/C10H19NO2/c1-11(2)9(7-10(12)13-3)8-5-4-6-8/h8-9H,4-7H2,1-3H3. The summed E-state index contributed by atoms with van der Waals surface area (Å²) < 4.78 is 4.68. The molecule has 1 fully saturated rings. The van der Waals surface area contributed by atoms with Crippen LogP contribution in [0.1, 0.15) is 25.7 Å². The zero-order valence-electron chi connectivity index (χ0n) is 8.75. The smallest absolute Gasteiger partial charge is 0.307 e. The summed E-state index contributed by atoms with van der Waals surface area (Å²) in [5.41, 5.74) is 0. The van der Waals surface area contributed by atoms with Gasteiger partial charge in [0.1, 0.15) is 0 Å². The van der Waals surface area contributed by atoms with Crippen LogP contribution in [0, 0.1) is 5.92 Å². The van der Waals surface area contributed by atoms with Gasteiger partial charge in [-0.3, -0.25) is 4.79 Å². The molecule has 1 aliphatic carbocycles. The number of ether oxygens (including phenoxy) is 1. The Morgan fingerprint density at radius 3 is 2.46 bits per heavy atom. The van der Waals surface area contributed by atoms with E-state index in [0.29, 0.717) is 18.4 Å². The lowest BCUT2D eigenvalue weighted by Crippen LogP contribution is -2.40. The summed E-state index contributed by atoms with van der Waals surface area (Å²) in [4.78, 5) is 13.3. The van der Waals surface area contributed by atoms with Gasteiger partial charge in [0.05, 0.1) is 13.5 Å². The Kier molecular flexibility index (Phi) is 3.72. The molecule has 13 heavy (non-hydrogen) atoms. The van der Waals surface area contributed by atoms with E-state index in [2.05, 4.69) is 9.64 Å². The number of hydrogen-bond acceptors (Lipinski definition) is 3. The minimum atomic E-state index is -0.0920. The lowest BCUT2D eigenvalue weighted by Gasteiger charge is -2.37. The van der Waals surface area contributed by atoms with Crippen LogP contribution in [0.3, 0.4) is 0 Å². The summed E-state index contributed by atoms with van der Waals surface area (Å²) >= 11 is 0. The van der Waals surface area contributed by atoms with Crippen molar-refractivity contribution in [1.29, 1.82) is 0 Å². The molecular weight excluding hydrogens is 166 g/mol. The van der Waals surface area contributed by atoms with Gasteiger partial charge in [0, 0.05) is 6.04 Å². The highest BCUT2D eigenvalue weighted by molar-refractivity contribution is 5.69. The molecule has 0 amide bonds. The Morgan fingerprint density at radius 2 is 2.15 bits per heavy atom. The van der Waals surface area contributed by atoms with E-state index in [9.17, 15) is 4.79 Å². The molecule has 1 atom stereocenters. The maximum atomic E-state index is 11.1. The summed E-state index contributed by atoms with van der Waals surface area (Å²) in [5.74, 6) is 0.611. The van der Waals surface area contributed by atoms with Crippen molar-refractivity contribution in [2.75, 3.05) is 21.2 Å². The molecule has 0 spiro atoms. The molecule has 3 heteroatoms. The summed E-state index contributed by atoms with van der Waals surface area (Å²) in [6, 6.07) is 0.376. The second kappa shape index (κ2) is 4.61. The molecule has 0 N–H and O–H groups in total. The molecule has 0 radical (unpaired) electrons. The van der Waals surface area contributed by atoms with E-state index in [4.69, 9.17) is 0 Å². The Bertz CT molecular complexity index is 176. The first-order valence-corrected chi connectivity index (χ1v) is 4.88. The highest BCUT2D eigenvalue weighted by Gasteiger charge is 2.30. The minimum Gasteiger partial charge on any atom is -0.469 e. The topological polar surface area (TPSA) is 29.5 Å². The van der Waals surface area contributed by atoms with Gasteiger partial charge in [0.2, 0.25) is 0 Å². The van der Waals surface area contributed by atoms with Crippen LogP contribution < -0.4 is 0 Å². The Balaban J connectivity index is 2.42. The molecule has 0 aromatic rings. The van der Waals surface area contributed by atoms with Gasteiger partial charge in [-0.25, -0.2) is 0 Å². The third kappa shape index (κ3) is 2.69. The number of carbonyl (C=O) groups excluding carboxylic acids is 1. The fraction of sp³-hybridized carbons (Fsp3) is 0.900. The molecule has 1 aliphatic rings. The number of hydrogen-bond donors (Lipinski definition) is 0. The molecule has 0 bridgehead atoms. The second-order valence-electron chi connectivity index (χ2n) is 4.00. The summed E-state index contributed by atoms with van der Waals surface area (Å²) in [6.07, 6.45) is 4.38. The predicted molar refractivity (Wildman–Crippen MR) is 51.4 cm³/mol. The van der Waals surface area contributed by atoms with Crippen molar-refractivity contribution < 1.29 is 9.53 Å². The van der Waals surface area contributed by atoms with E-state index in [1.807, 2.05) is 14.1 Å². The SMILES string of the molecule is COC(=O)CC(C1CCC1)N(C)C. The molecule has 0 saturated heterocycles. The van der Waals surface area contributed by atoms with E-state index in [1.54, 1.807) is 0 Å². The fourth-order valence-corrected chi connectivity index (χ4v) is 1.85. The molecule has 0 aliphatic heterocycles. The average Bonchev–Trinajstić information content (AvgIpc) is 1.99. The van der Waals surface area contributed by atoms with Crippen molar-refractivity contribution in [2.45, 2.75) is 31.7 Å². The van der Waals surface area contributed by atoms with Gasteiger partial charge in [-0.1, -0.05) is 6.42 Å². The first-order chi connectivity index (χ1) is 6.15. The molecule has 0 aromatic carbocycles. The zero-order valence-corrected chi connectivity index (χ0v) is 8.75. The highest BCUT2D eigenvalue weighted by Crippen LogP contribution is 2.32. The summed E-state index contributed by atoms with van der Waals surface area (Å²) in [7, 11) is 5.52. The highest BCUT2D eigenvalue weighted by atomic mass is 16.5. The Morgan fingerprint density at radius 1 is 1.54 bits per heavy atom. The number of esters is 1. The van der Waals surface area contributed by atoms with E-state index in [0.717, 1.165) is 0 Å². The predicted octanol–water partition coefficient (Wildman–Crippen LogP) is 1.28. The normalized spacial score (nSPS) is 19.7. The van der Waals surface area contributed by atoms with E-state index >= 15 is 0 Å². The third-order valence-corrected chi connectivity index (χ3v) is 2.96. The van der Waals surface area contributed by atoms with Crippen LogP contribution in [0.5, 0.6) is 0 Å². The number of nitrogens with zero attached hydrogens (tertiary/aromatic N) is 1. The maximum Gasteiger partial charge on any atom is 0.307 e. The molecule has 76 valence electrons. The van der Waals surface area contributed by atoms with Crippen molar-refractivity contribution in [3.8, 4) is 0 Å². The first-order valence-electron chi connectivity index (χ1n) is 4.88. The lowest BCUT2D eigenvalue weighted by atomic mass is 9.78. The zero-order chi connectivity index (χ0) is 9.84. The van der Waals surface area contributed by atoms with Gasteiger partial charge in [0.25, 0.3) is 0 Å². The van der Waals surface area contributed by atoms with Crippen molar-refractivity contribution in [1.82, 2.24) is 4.90 Å². The van der Waals surface area contributed by atoms with Crippen LogP contribution in [0.25, 0.3) is 0 Å². The van der Waals surface area contributed by atoms with Gasteiger partial charge in [-0.15, -0.1) is 0 Å². The Labute approximate surface area is 80.1 Å². The van der Waals surface area contributed by atoms with Gasteiger partial charge in [-0.2, -0.15) is 0 Å². The monoisotopic (exact) mass is 185 g/mol. The van der Waals surface area contributed by atoms with Crippen molar-refractivity contribution in [3.05, 3.63) is 0 Å². The van der Waals surface area contributed by atoms with E-state index < -0.39 is 0 Å². The number of methoxy groups -OCH3 is 1. The molecular formula is C10H19NO2. The maximum absolute atomic E-state index is 11.1. The molecule has 1 saturated carbocycles. The van der Waals surface area contributed by atoms with Gasteiger partial charge in [-0.05, 0) is 32.9 Å². The van der Waals surface area contributed by atoms with Crippen molar-refractivity contribution in [2.24, 2.45) is 5.92 Å². The fourth-order valence-electron chi connectivity index (χ4n) is 1.85. The summed E-state index contributed by atoms with van der Waals surface area (Å²) in [5, 5.41) is 0. The number of rotatable bonds is 4. The largest absolute Gasteiger partial charge is 0.469 e. The molecule has 1 rings (SSSR count).